The third kappa shape index (κ3) is 2.53. The van der Waals surface area contributed by atoms with Gasteiger partial charge in [0.2, 0.25) is 0 Å². The summed E-state index contributed by atoms with van der Waals surface area (Å²) >= 11 is 0. The molecule has 5 nitrogen and oxygen atoms in total. The molecule has 0 aliphatic heterocycles. The Labute approximate surface area is 117 Å². The van der Waals surface area contributed by atoms with Crippen LogP contribution in [0.5, 0.6) is 0 Å². The number of nitrogens with zero attached hydrogens (tertiary/aromatic N) is 3. The molecule has 3 rings (SSSR count). The molecule has 0 fully saturated rings. The molecule has 1 aromatic carbocycles. The van der Waals surface area contributed by atoms with Gasteiger partial charge in [0.05, 0.1) is 6.54 Å². The van der Waals surface area contributed by atoms with E-state index in [0.717, 1.165) is 16.5 Å². The first-order valence-electron chi connectivity index (χ1n) is 6.64. The van der Waals surface area contributed by atoms with Gasteiger partial charge in [0.25, 0.3) is 5.89 Å². The molecule has 0 radical (unpaired) electrons. The lowest BCUT2D eigenvalue weighted by atomic mass is 10.1. The normalized spacial score (nSPS) is 11.3. The third-order valence-corrected chi connectivity index (χ3v) is 3.01. The van der Waals surface area contributed by atoms with Crippen LogP contribution in [0.3, 0.4) is 0 Å². The maximum atomic E-state index is 5.33. The monoisotopic (exact) mass is 268 g/mol. The summed E-state index contributed by atoms with van der Waals surface area (Å²) in [6.07, 6.45) is 1.76. The summed E-state index contributed by atoms with van der Waals surface area (Å²) in [5, 5.41) is 9.37. The molecule has 0 unspecified atom stereocenters. The van der Waals surface area contributed by atoms with Crippen molar-refractivity contribution in [3.63, 3.8) is 0 Å². The molecule has 0 saturated heterocycles. The van der Waals surface area contributed by atoms with E-state index >= 15 is 0 Å². The second kappa shape index (κ2) is 5.38. The van der Waals surface area contributed by atoms with Gasteiger partial charge in [-0.15, -0.1) is 0 Å². The second-order valence-corrected chi connectivity index (χ2v) is 4.93. The molecule has 1 N–H and O–H groups in total. The van der Waals surface area contributed by atoms with Gasteiger partial charge in [-0.25, -0.2) is 0 Å². The minimum absolute atomic E-state index is 0.382. The van der Waals surface area contributed by atoms with E-state index in [9.17, 15) is 0 Å². The van der Waals surface area contributed by atoms with E-state index < -0.39 is 0 Å². The zero-order chi connectivity index (χ0) is 13.9. The van der Waals surface area contributed by atoms with Gasteiger partial charge in [-0.1, -0.05) is 43.3 Å². The fraction of sp³-hybridized carbons (Fsp3) is 0.267. The van der Waals surface area contributed by atoms with Gasteiger partial charge in [0, 0.05) is 17.6 Å². The third-order valence-electron chi connectivity index (χ3n) is 3.01. The van der Waals surface area contributed by atoms with Crippen LogP contribution >= 0.6 is 0 Å². The molecule has 2 heterocycles. The van der Waals surface area contributed by atoms with Gasteiger partial charge in [0.15, 0.2) is 5.82 Å². The van der Waals surface area contributed by atoms with Crippen LogP contribution in [0.2, 0.25) is 0 Å². The number of fused-ring (bicyclic) bond motifs is 1. The topological polar surface area (TPSA) is 63.8 Å². The van der Waals surface area contributed by atoms with E-state index in [1.54, 1.807) is 6.20 Å². The SMILES string of the molecule is CC(C)NCc1noc(-c2nccc3ccccc23)n1. The van der Waals surface area contributed by atoms with Crippen LogP contribution in [0.25, 0.3) is 22.4 Å². The van der Waals surface area contributed by atoms with Crippen molar-refractivity contribution in [1.29, 1.82) is 0 Å². The zero-order valence-corrected chi connectivity index (χ0v) is 11.5. The Hall–Kier alpha value is -2.27. The number of hydrogen-bond acceptors (Lipinski definition) is 5. The fourth-order valence-corrected chi connectivity index (χ4v) is 2.01. The first-order chi connectivity index (χ1) is 9.74. The Morgan fingerprint density at radius 3 is 2.90 bits per heavy atom. The van der Waals surface area contributed by atoms with Gasteiger partial charge >= 0.3 is 0 Å². The van der Waals surface area contributed by atoms with E-state index in [1.807, 2.05) is 30.3 Å². The van der Waals surface area contributed by atoms with E-state index in [2.05, 4.69) is 34.3 Å². The standard InChI is InChI=1S/C15H16N4O/c1-10(2)17-9-13-18-15(20-19-13)14-12-6-4-3-5-11(12)7-8-16-14/h3-8,10,17H,9H2,1-2H3. The van der Waals surface area contributed by atoms with Gasteiger partial charge in [-0.3, -0.25) is 4.98 Å². The molecule has 102 valence electrons. The highest BCUT2D eigenvalue weighted by Crippen LogP contribution is 2.24. The van der Waals surface area contributed by atoms with Crippen LogP contribution in [-0.4, -0.2) is 21.2 Å². The van der Waals surface area contributed by atoms with Crippen molar-refractivity contribution in [2.45, 2.75) is 26.4 Å². The molecule has 3 aromatic rings. The van der Waals surface area contributed by atoms with Crippen LogP contribution in [0.1, 0.15) is 19.7 Å². The van der Waals surface area contributed by atoms with Crippen molar-refractivity contribution in [2.75, 3.05) is 0 Å². The fourth-order valence-electron chi connectivity index (χ4n) is 2.01. The van der Waals surface area contributed by atoms with Gasteiger partial charge in [0.1, 0.15) is 5.69 Å². The zero-order valence-electron chi connectivity index (χ0n) is 11.5. The van der Waals surface area contributed by atoms with Gasteiger partial charge < -0.3 is 9.84 Å². The van der Waals surface area contributed by atoms with Gasteiger partial charge in [-0.2, -0.15) is 4.98 Å². The Bertz CT molecular complexity index is 715. The molecule has 0 aliphatic carbocycles. The number of aromatic nitrogens is 3. The molecule has 0 saturated carbocycles. The molecule has 0 aliphatic rings. The second-order valence-electron chi connectivity index (χ2n) is 4.93. The maximum absolute atomic E-state index is 5.33. The molecule has 2 aromatic heterocycles. The molecule has 0 bridgehead atoms. The lowest BCUT2D eigenvalue weighted by Gasteiger charge is -2.03. The number of rotatable bonds is 4. The average molecular weight is 268 g/mol. The number of hydrogen-bond donors (Lipinski definition) is 1. The molecule has 0 amide bonds. The lowest BCUT2D eigenvalue weighted by Crippen LogP contribution is -2.22. The van der Waals surface area contributed by atoms with Crippen LogP contribution in [0.15, 0.2) is 41.1 Å². The van der Waals surface area contributed by atoms with Gasteiger partial charge in [-0.05, 0) is 11.5 Å². The van der Waals surface area contributed by atoms with Crippen molar-refractivity contribution in [2.24, 2.45) is 0 Å². The van der Waals surface area contributed by atoms with E-state index in [1.165, 1.54) is 0 Å². The lowest BCUT2D eigenvalue weighted by molar-refractivity contribution is 0.416. The smallest absolute Gasteiger partial charge is 0.277 e. The minimum atomic E-state index is 0.382. The summed E-state index contributed by atoms with van der Waals surface area (Å²) < 4.78 is 5.33. The van der Waals surface area contributed by atoms with Crippen molar-refractivity contribution in [1.82, 2.24) is 20.4 Å². The molecule has 0 spiro atoms. The quantitative estimate of drug-likeness (QED) is 0.788. The highest BCUT2D eigenvalue weighted by atomic mass is 16.5. The highest BCUT2D eigenvalue weighted by molar-refractivity contribution is 5.92. The summed E-state index contributed by atoms with van der Waals surface area (Å²) in [5.74, 6) is 1.10. The Morgan fingerprint density at radius 1 is 1.20 bits per heavy atom. The van der Waals surface area contributed by atoms with Crippen molar-refractivity contribution >= 4 is 10.8 Å². The van der Waals surface area contributed by atoms with Crippen LogP contribution in [0.4, 0.5) is 0 Å². The predicted octanol–water partition coefficient (Wildman–Crippen LogP) is 2.78. The van der Waals surface area contributed by atoms with Crippen LogP contribution in [-0.2, 0) is 6.54 Å². The van der Waals surface area contributed by atoms with Crippen molar-refractivity contribution in [3.8, 4) is 11.6 Å². The first-order valence-corrected chi connectivity index (χ1v) is 6.64. The molecular formula is C15H16N4O. The molecule has 5 heteroatoms. The van der Waals surface area contributed by atoms with Crippen molar-refractivity contribution < 1.29 is 4.52 Å². The first kappa shape index (κ1) is 12.7. The average Bonchev–Trinajstić information content (AvgIpc) is 2.93. The number of nitrogens with one attached hydrogen (secondary N) is 1. The Morgan fingerprint density at radius 2 is 2.05 bits per heavy atom. The number of pyridine rings is 1. The summed E-state index contributed by atoms with van der Waals surface area (Å²) in [6.45, 7) is 4.74. The van der Waals surface area contributed by atoms with E-state index in [0.29, 0.717) is 24.3 Å². The summed E-state index contributed by atoms with van der Waals surface area (Å²) in [5.41, 5.74) is 0.728. The van der Waals surface area contributed by atoms with Crippen molar-refractivity contribution in [3.05, 3.63) is 42.4 Å². The minimum Gasteiger partial charge on any atom is -0.332 e. The van der Waals surface area contributed by atoms with Crippen LogP contribution in [0, 0.1) is 0 Å². The Kier molecular flexibility index (Phi) is 3.43. The van der Waals surface area contributed by atoms with E-state index in [-0.39, 0.29) is 0 Å². The highest BCUT2D eigenvalue weighted by Gasteiger charge is 2.13. The number of benzene rings is 1. The van der Waals surface area contributed by atoms with E-state index in [4.69, 9.17) is 4.52 Å². The summed E-state index contributed by atoms with van der Waals surface area (Å²) in [6, 6.07) is 10.4. The summed E-state index contributed by atoms with van der Waals surface area (Å²) in [4.78, 5) is 8.77. The van der Waals surface area contributed by atoms with Crippen LogP contribution < -0.4 is 5.32 Å². The summed E-state index contributed by atoms with van der Waals surface area (Å²) in [7, 11) is 0. The predicted molar refractivity (Wildman–Crippen MR) is 77.0 cm³/mol. The largest absolute Gasteiger partial charge is 0.332 e. The molecule has 0 atom stereocenters. The maximum Gasteiger partial charge on any atom is 0.277 e. The molecule has 20 heavy (non-hydrogen) atoms. The molecular weight excluding hydrogens is 252 g/mol. The Balaban J connectivity index is 1.95.